The fourth-order valence-corrected chi connectivity index (χ4v) is 2.50. The minimum Gasteiger partial charge on any atom is -0.477 e. The van der Waals surface area contributed by atoms with Crippen molar-refractivity contribution in [1.82, 2.24) is 19.6 Å². The second-order valence-electron chi connectivity index (χ2n) is 5.85. The van der Waals surface area contributed by atoms with Gasteiger partial charge >= 0.3 is 12.1 Å². The zero-order valence-corrected chi connectivity index (χ0v) is 17.6. The highest BCUT2D eigenvalue weighted by Crippen LogP contribution is 2.25. The number of aromatic carboxylic acids is 1. The summed E-state index contributed by atoms with van der Waals surface area (Å²) in [6.07, 6.45) is 0.180. The van der Waals surface area contributed by atoms with Gasteiger partial charge in [-0.25, -0.2) is 24.3 Å². The summed E-state index contributed by atoms with van der Waals surface area (Å²) in [5.41, 5.74) is -0.571. The van der Waals surface area contributed by atoms with Crippen LogP contribution in [0.1, 0.15) is 37.1 Å². The normalized spacial score (nSPS) is 12.2. The van der Waals surface area contributed by atoms with Crippen LogP contribution >= 0.6 is 0 Å². The van der Waals surface area contributed by atoms with Crippen LogP contribution in [0.15, 0.2) is 60.4 Å². The van der Waals surface area contributed by atoms with Crippen molar-refractivity contribution in [3.05, 3.63) is 66.9 Å². The van der Waals surface area contributed by atoms with Gasteiger partial charge in [-0.3, -0.25) is 0 Å². The quantitative estimate of drug-likeness (QED) is 0.508. The van der Waals surface area contributed by atoms with Crippen LogP contribution in [0.5, 0.6) is 0 Å². The number of alkyl halides is 3. The van der Waals surface area contributed by atoms with E-state index in [0.29, 0.717) is 17.3 Å². The lowest BCUT2D eigenvalue weighted by Crippen LogP contribution is -2.20. The molecule has 0 aliphatic carbocycles. The van der Waals surface area contributed by atoms with Crippen molar-refractivity contribution >= 4 is 34.4 Å². The predicted molar refractivity (Wildman–Crippen MR) is 116 cm³/mol. The molecule has 0 spiro atoms. The fraction of sp³-hybridized carbons (Fsp3) is 0.190. The van der Waals surface area contributed by atoms with Crippen molar-refractivity contribution in [3.63, 3.8) is 0 Å². The van der Waals surface area contributed by atoms with Crippen LogP contribution in [0.4, 0.5) is 24.7 Å². The van der Waals surface area contributed by atoms with E-state index in [1.165, 1.54) is 35.8 Å². The van der Waals surface area contributed by atoms with Crippen molar-refractivity contribution < 1.29 is 23.1 Å². The Morgan fingerprint density at radius 1 is 1.31 bits per heavy atom. The number of nitrogens with one attached hydrogen (secondary N) is 1. The number of aromatic nitrogens is 4. The molecule has 168 valence electrons. The standard InChI is InChI=1S/C19H15F3N6O2.C2H6/c1-3-12(25-15(4-2)19(20,21)22)16-26-17(14-6-5-9-28(14)27-16)24-11-7-8-23-13(10-11)18(29)30;1-2/h3-10H,2H2,1H3,(H,29,30)(H,23,24,26,27);1-2H3/b12-3-,25-15?;. The van der Waals surface area contributed by atoms with Crippen molar-refractivity contribution in [2.24, 2.45) is 4.99 Å². The van der Waals surface area contributed by atoms with E-state index in [2.05, 4.69) is 32.0 Å². The Kier molecular flexibility index (Phi) is 7.83. The molecular formula is C21H21F3N6O2. The maximum Gasteiger partial charge on any atom is 0.433 e. The minimum atomic E-state index is -4.68. The molecule has 0 amide bonds. The molecule has 11 heteroatoms. The number of allylic oxidation sites excluding steroid dienone is 2. The first-order chi connectivity index (χ1) is 15.2. The second kappa shape index (κ2) is 10.3. The molecule has 3 aromatic heterocycles. The van der Waals surface area contributed by atoms with Gasteiger partial charge in [-0.2, -0.15) is 13.2 Å². The highest BCUT2D eigenvalue weighted by atomic mass is 19.4. The molecule has 0 aliphatic rings. The van der Waals surface area contributed by atoms with Crippen LogP contribution in [0, 0.1) is 0 Å². The molecule has 3 heterocycles. The highest BCUT2D eigenvalue weighted by molar-refractivity contribution is 6.01. The van der Waals surface area contributed by atoms with Gasteiger partial charge in [-0.05, 0) is 37.3 Å². The third kappa shape index (κ3) is 5.56. The number of aliphatic imine (C=N–C) groups is 1. The summed E-state index contributed by atoms with van der Waals surface area (Å²) in [6, 6.07) is 6.20. The molecule has 8 nitrogen and oxygen atoms in total. The smallest absolute Gasteiger partial charge is 0.433 e. The highest BCUT2D eigenvalue weighted by Gasteiger charge is 2.34. The Labute approximate surface area is 181 Å². The van der Waals surface area contributed by atoms with E-state index in [1.807, 2.05) is 13.8 Å². The minimum absolute atomic E-state index is 0.0696. The number of anilines is 2. The molecule has 0 radical (unpaired) electrons. The Balaban J connectivity index is 0.00000176. The summed E-state index contributed by atoms with van der Waals surface area (Å²) in [4.78, 5) is 22.8. The zero-order chi connectivity index (χ0) is 23.9. The van der Waals surface area contributed by atoms with E-state index < -0.39 is 17.9 Å². The maximum absolute atomic E-state index is 13.1. The van der Waals surface area contributed by atoms with E-state index in [9.17, 15) is 18.0 Å². The van der Waals surface area contributed by atoms with Crippen molar-refractivity contribution in [1.29, 1.82) is 0 Å². The lowest BCUT2D eigenvalue weighted by molar-refractivity contribution is -0.0576. The number of carbonyl (C=O) groups is 1. The van der Waals surface area contributed by atoms with Gasteiger partial charge in [0.25, 0.3) is 0 Å². The summed E-state index contributed by atoms with van der Waals surface area (Å²) in [6.45, 7) is 8.66. The van der Waals surface area contributed by atoms with Gasteiger partial charge in [0.2, 0.25) is 0 Å². The van der Waals surface area contributed by atoms with Crippen LogP contribution in [0.3, 0.4) is 0 Å². The molecule has 0 saturated carbocycles. The van der Waals surface area contributed by atoms with Gasteiger partial charge in [0, 0.05) is 18.1 Å². The lowest BCUT2D eigenvalue weighted by Gasteiger charge is -2.11. The van der Waals surface area contributed by atoms with Crippen molar-refractivity contribution in [3.8, 4) is 0 Å². The number of carboxylic acid groups (broad SMARTS) is 1. The topological polar surface area (TPSA) is 105 Å². The average Bonchev–Trinajstić information content (AvgIpc) is 3.24. The molecular weight excluding hydrogens is 425 g/mol. The summed E-state index contributed by atoms with van der Waals surface area (Å²) in [5.74, 6) is -1.03. The molecule has 3 aromatic rings. The summed E-state index contributed by atoms with van der Waals surface area (Å²) in [5, 5.41) is 16.3. The molecule has 0 fully saturated rings. The van der Waals surface area contributed by atoms with E-state index in [0.717, 1.165) is 0 Å². The lowest BCUT2D eigenvalue weighted by atomic mass is 10.3. The largest absolute Gasteiger partial charge is 0.477 e. The first-order valence-electron chi connectivity index (χ1n) is 9.49. The van der Waals surface area contributed by atoms with E-state index in [-0.39, 0.29) is 23.0 Å². The van der Waals surface area contributed by atoms with Gasteiger partial charge in [0.05, 0.1) is 0 Å². The number of hydrogen-bond acceptors (Lipinski definition) is 6. The number of rotatable bonds is 6. The molecule has 0 aliphatic heterocycles. The molecule has 0 bridgehead atoms. The number of fused-ring (bicyclic) bond motifs is 1. The first-order valence-corrected chi connectivity index (χ1v) is 9.49. The van der Waals surface area contributed by atoms with Gasteiger partial charge in [-0.15, -0.1) is 5.10 Å². The molecule has 3 rings (SSSR count). The van der Waals surface area contributed by atoms with Crippen LogP contribution in [0.25, 0.3) is 11.2 Å². The van der Waals surface area contributed by atoms with Crippen LogP contribution in [-0.4, -0.2) is 42.5 Å². The Morgan fingerprint density at radius 3 is 2.62 bits per heavy atom. The maximum atomic E-state index is 13.1. The monoisotopic (exact) mass is 446 g/mol. The van der Waals surface area contributed by atoms with Crippen LogP contribution in [-0.2, 0) is 0 Å². The van der Waals surface area contributed by atoms with E-state index >= 15 is 0 Å². The fourth-order valence-electron chi connectivity index (χ4n) is 2.50. The van der Waals surface area contributed by atoms with Gasteiger partial charge in [-0.1, -0.05) is 26.5 Å². The molecule has 0 saturated heterocycles. The van der Waals surface area contributed by atoms with Gasteiger partial charge in [0.1, 0.15) is 22.6 Å². The van der Waals surface area contributed by atoms with E-state index in [1.54, 1.807) is 18.3 Å². The zero-order valence-electron chi connectivity index (χ0n) is 17.6. The van der Waals surface area contributed by atoms with Gasteiger partial charge in [0.15, 0.2) is 11.6 Å². The third-order valence-corrected chi connectivity index (χ3v) is 3.86. The molecule has 0 aromatic carbocycles. The SMILES string of the molecule is C=CC(=N/C(=C\C)c1nc(Nc2ccnc(C(=O)O)c2)c2cccn2n1)C(F)(F)F.CC. The Hall–Kier alpha value is -4.02. The number of halogens is 3. The molecule has 0 unspecified atom stereocenters. The molecule has 2 N–H and O–H groups in total. The first kappa shape index (κ1) is 24.3. The Bertz CT molecular complexity index is 1180. The van der Waals surface area contributed by atoms with Crippen molar-refractivity contribution in [2.45, 2.75) is 26.9 Å². The summed E-state index contributed by atoms with van der Waals surface area (Å²) in [7, 11) is 0. The number of carboxylic acids is 1. The number of pyridine rings is 1. The van der Waals surface area contributed by atoms with E-state index in [4.69, 9.17) is 5.11 Å². The van der Waals surface area contributed by atoms with Crippen LogP contribution < -0.4 is 5.32 Å². The Morgan fingerprint density at radius 2 is 2.03 bits per heavy atom. The molecule has 0 atom stereocenters. The average molecular weight is 446 g/mol. The summed E-state index contributed by atoms with van der Waals surface area (Å²) >= 11 is 0. The number of hydrogen-bond donors (Lipinski definition) is 2. The summed E-state index contributed by atoms with van der Waals surface area (Å²) < 4.78 is 40.6. The van der Waals surface area contributed by atoms with Crippen LogP contribution in [0.2, 0.25) is 0 Å². The molecule has 32 heavy (non-hydrogen) atoms. The predicted octanol–water partition coefficient (Wildman–Crippen LogP) is 5.14. The third-order valence-electron chi connectivity index (χ3n) is 3.86. The van der Waals surface area contributed by atoms with Crippen molar-refractivity contribution in [2.75, 3.05) is 5.32 Å². The van der Waals surface area contributed by atoms with Gasteiger partial charge < -0.3 is 10.4 Å². The number of nitrogens with zero attached hydrogens (tertiary/aromatic N) is 5. The second-order valence-corrected chi connectivity index (χ2v) is 5.85.